The van der Waals surface area contributed by atoms with E-state index in [1.54, 1.807) is 33.8 Å². The molecule has 1 aromatic heterocycles. The fraction of sp³-hybridized carbons (Fsp3) is 0.538. The third-order valence-electron chi connectivity index (χ3n) is 2.78. The van der Waals surface area contributed by atoms with Gasteiger partial charge in [0, 0.05) is 11.7 Å². The first kappa shape index (κ1) is 16.3. The number of alkyl halides is 3. The summed E-state index contributed by atoms with van der Waals surface area (Å²) < 4.78 is 38.0. The van der Waals surface area contributed by atoms with Gasteiger partial charge in [-0.1, -0.05) is 0 Å². The molecular formula is C13H17F3N2O2. The fourth-order valence-electron chi connectivity index (χ4n) is 1.98. The van der Waals surface area contributed by atoms with Crippen molar-refractivity contribution in [1.82, 2.24) is 4.98 Å². The number of halogens is 3. The quantitative estimate of drug-likeness (QED) is 0.925. The predicted octanol–water partition coefficient (Wildman–Crippen LogP) is 3.17. The van der Waals surface area contributed by atoms with Crippen LogP contribution in [0.25, 0.3) is 0 Å². The number of carbonyl (C=O) groups is 1. The zero-order valence-corrected chi connectivity index (χ0v) is 11.7. The van der Waals surface area contributed by atoms with Crippen molar-refractivity contribution in [2.45, 2.75) is 39.9 Å². The van der Waals surface area contributed by atoms with Crippen LogP contribution in [0.5, 0.6) is 0 Å². The maximum Gasteiger partial charge on any atom is 0.405 e. The lowest BCUT2D eigenvalue weighted by atomic mass is 10.1. The van der Waals surface area contributed by atoms with E-state index in [-0.39, 0.29) is 11.4 Å². The van der Waals surface area contributed by atoms with Gasteiger partial charge in [0.2, 0.25) is 0 Å². The van der Waals surface area contributed by atoms with E-state index in [1.165, 1.54) is 0 Å². The van der Waals surface area contributed by atoms with Crippen LogP contribution >= 0.6 is 0 Å². The van der Waals surface area contributed by atoms with E-state index in [0.29, 0.717) is 11.3 Å². The summed E-state index contributed by atoms with van der Waals surface area (Å²) in [5.74, 6) is -1.42. The van der Waals surface area contributed by atoms with Gasteiger partial charge in [-0.25, -0.2) is 9.78 Å². The Kier molecular flexibility index (Phi) is 4.62. The maximum absolute atomic E-state index is 12.7. The summed E-state index contributed by atoms with van der Waals surface area (Å²) in [6.45, 7) is 5.07. The topological polar surface area (TPSA) is 53.4 Å². The monoisotopic (exact) mass is 290 g/mol. The third-order valence-corrected chi connectivity index (χ3v) is 2.78. The molecule has 20 heavy (non-hydrogen) atoms. The van der Waals surface area contributed by atoms with Crippen molar-refractivity contribution in [2.24, 2.45) is 0 Å². The van der Waals surface area contributed by atoms with Crippen molar-refractivity contribution >= 4 is 11.8 Å². The molecule has 0 aromatic carbocycles. The molecule has 4 nitrogen and oxygen atoms in total. The average Bonchev–Trinajstić information content (AvgIpc) is 2.22. The first-order valence-electron chi connectivity index (χ1n) is 6.08. The highest BCUT2D eigenvalue weighted by atomic mass is 19.4. The van der Waals surface area contributed by atoms with Crippen LogP contribution in [0.3, 0.4) is 0 Å². The van der Waals surface area contributed by atoms with Crippen molar-refractivity contribution in [3.05, 3.63) is 22.9 Å². The second kappa shape index (κ2) is 5.68. The minimum atomic E-state index is -4.43. The van der Waals surface area contributed by atoms with Crippen molar-refractivity contribution in [3.63, 3.8) is 0 Å². The Morgan fingerprint density at radius 3 is 2.35 bits per heavy atom. The molecule has 1 N–H and O–H groups in total. The van der Waals surface area contributed by atoms with Crippen LogP contribution < -0.4 is 4.90 Å². The molecule has 0 aliphatic heterocycles. The first-order valence-corrected chi connectivity index (χ1v) is 6.08. The maximum atomic E-state index is 12.7. The molecule has 1 aromatic rings. The standard InChI is InChI=1S/C13H17F3N2O2/c1-7(2)18(6-13(14,15)16)11-10(12(19)20)8(3)5-9(4)17-11/h5,7H,6H2,1-4H3,(H,19,20). The van der Waals surface area contributed by atoms with Gasteiger partial charge in [0.25, 0.3) is 0 Å². The number of aromatic carboxylic acids is 1. The molecule has 0 fully saturated rings. The summed E-state index contributed by atoms with van der Waals surface area (Å²) in [6, 6.07) is 1.02. The Balaban J connectivity index is 3.43. The zero-order chi connectivity index (χ0) is 15.7. The lowest BCUT2D eigenvalue weighted by Crippen LogP contribution is -2.40. The Labute approximate surface area is 115 Å². The molecule has 0 saturated heterocycles. The molecule has 0 unspecified atom stereocenters. The van der Waals surface area contributed by atoms with E-state index in [0.717, 1.165) is 4.90 Å². The van der Waals surface area contributed by atoms with Gasteiger partial charge in [-0.2, -0.15) is 13.2 Å². The Bertz CT molecular complexity index is 513. The molecule has 112 valence electrons. The number of aromatic nitrogens is 1. The van der Waals surface area contributed by atoms with Crippen LogP contribution in [0, 0.1) is 13.8 Å². The first-order chi connectivity index (χ1) is 9.03. The molecule has 0 radical (unpaired) electrons. The predicted molar refractivity (Wildman–Crippen MR) is 69.2 cm³/mol. The van der Waals surface area contributed by atoms with Crippen LogP contribution in [-0.4, -0.2) is 34.8 Å². The summed E-state index contributed by atoms with van der Waals surface area (Å²) >= 11 is 0. The molecule has 7 heteroatoms. The third kappa shape index (κ3) is 3.85. The van der Waals surface area contributed by atoms with Gasteiger partial charge >= 0.3 is 12.1 Å². The van der Waals surface area contributed by atoms with Crippen molar-refractivity contribution in [3.8, 4) is 0 Å². The minimum Gasteiger partial charge on any atom is -0.478 e. The molecule has 1 rings (SSSR count). The highest BCUT2D eigenvalue weighted by Gasteiger charge is 2.34. The lowest BCUT2D eigenvalue weighted by Gasteiger charge is -2.30. The Morgan fingerprint density at radius 2 is 1.95 bits per heavy atom. The molecule has 0 saturated carbocycles. The van der Waals surface area contributed by atoms with E-state index < -0.39 is 24.7 Å². The molecule has 0 atom stereocenters. The Hall–Kier alpha value is -1.79. The highest BCUT2D eigenvalue weighted by Crippen LogP contribution is 2.28. The number of carboxylic acids is 1. The summed E-state index contributed by atoms with van der Waals surface area (Å²) in [5.41, 5.74) is 0.691. The van der Waals surface area contributed by atoms with Gasteiger partial charge in [-0.15, -0.1) is 0 Å². The van der Waals surface area contributed by atoms with Gasteiger partial charge < -0.3 is 10.0 Å². The van der Waals surface area contributed by atoms with Crippen molar-refractivity contribution in [1.29, 1.82) is 0 Å². The highest BCUT2D eigenvalue weighted by molar-refractivity contribution is 5.95. The number of rotatable bonds is 4. The van der Waals surface area contributed by atoms with E-state index in [9.17, 15) is 23.1 Å². The van der Waals surface area contributed by atoms with Crippen LogP contribution in [0.1, 0.15) is 35.5 Å². The van der Waals surface area contributed by atoms with Crippen molar-refractivity contribution < 1.29 is 23.1 Å². The number of carboxylic acid groups (broad SMARTS) is 1. The second-order valence-corrected chi connectivity index (χ2v) is 4.92. The van der Waals surface area contributed by atoms with Gasteiger partial charge in [0.05, 0.1) is 0 Å². The Morgan fingerprint density at radius 1 is 1.40 bits per heavy atom. The zero-order valence-electron chi connectivity index (χ0n) is 11.7. The summed E-state index contributed by atoms with van der Waals surface area (Å²) in [4.78, 5) is 16.3. The van der Waals surface area contributed by atoms with Crippen LogP contribution in [-0.2, 0) is 0 Å². The van der Waals surface area contributed by atoms with E-state index in [4.69, 9.17) is 0 Å². The normalized spacial score (nSPS) is 11.8. The molecule has 0 bridgehead atoms. The van der Waals surface area contributed by atoms with Gasteiger partial charge in [0.15, 0.2) is 0 Å². The second-order valence-electron chi connectivity index (χ2n) is 4.92. The van der Waals surface area contributed by atoms with Crippen LogP contribution in [0.2, 0.25) is 0 Å². The average molecular weight is 290 g/mol. The number of nitrogens with zero attached hydrogens (tertiary/aromatic N) is 2. The molecular weight excluding hydrogens is 273 g/mol. The number of pyridine rings is 1. The lowest BCUT2D eigenvalue weighted by molar-refractivity contribution is -0.120. The molecule has 0 amide bonds. The summed E-state index contributed by atoms with van der Waals surface area (Å²) in [6.07, 6.45) is -4.43. The molecule has 1 heterocycles. The summed E-state index contributed by atoms with van der Waals surface area (Å²) in [7, 11) is 0. The van der Waals surface area contributed by atoms with E-state index in [2.05, 4.69) is 4.98 Å². The van der Waals surface area contributed by atoms with Gasteiger partial charge in [0.1, 0.15) is 17.9 Å². The largest absolute Gasteiger partial charge is 0.478 e. The number of aryl methyl sites for hydroxylation is 2. The summed E-state index contributed by atoms with van der Waals surface area (Å²) in [5, 5.41) is 9.22. The van der Waals surface area contributed by atoms with E-state index >= 15 is 0 Å². The fourth-order valence-corrected chi connectivity index (χ4v) is 1.98. The van der Waals surface area contributed by atoms with Gasteiger partial charge in [-0.3, -0.25) is 0 Å². The van der Waals surface area contributed by atoms with Gasteiger partial charge in [-0.05, 0) is 39.3 Å². The number of hydrogen-bond acceptors (Lipinski definition) is 3. The van der Waals surface area contributed by atoms with E-state index in [1.807, 2.05) is 0 Å². The van der Waals surface area contributed by atoms with Crippen molar-refractivity contribution in [2.75, 3.05) is 11.4 Å². The number of hydrogen-bond donors (Lipinski definition) is 1. The number of anilines is 1. The molecule has 0 aliphatic rings. The molecule has 0 aliphatic carbocycles. The molecule has 0 spiro atoms. The van der Waals surface area contributed by atoms with Crippen LogP contribution in [0.15, 0.2) is 6.07 Å². The smallest absolute Gasteiger partial charge is 0.405 e. The SMILES string of the molecule is Cc1cc(C)c(C(=O)O)c(N(CC(F)(F)F)C(C)C)n1. The van der Waals surface area contributed by atoms with Crippen LogP contribution in [0.4, 0.5) is 19.0 Å². The minimum absolute atomic E-state index is 0.137.